The maximum atomic E-state index is 14.0. The monoisotopic (exact) mass is 268 g/mol. The van der Waals surface area contributed by atoms with Gasteiger partial charge in [0.25, 0.3) is 0 Å². The average Bonchev–Trinajstić information content (AvgIpc) is 2.37. The lowest BCUT2D eigenvalue weighted by atomic mass is 10.0. The highest BCUT2D eigenvalue weighted by molar-refractivity contribution is 6.34. The Morgan fingerprint density at radius 3 is 2.56 bits per heavy atom. The van der Waals surface area contributed by atoms with E-state index in [0.29, 0.717) is 5.56 Å². The van der Waals surface area contributed by atoms with Crippen LogP contribution in [0.25, 0.3) is 0 Å². The molecule has 0 bridgehead atoms. The summed E-state index contributed by atoms with van der Waals surface area (Å²) in [5.74, 6) is -1.97. The normalized spacial score (nSPS) is 19.8. The zero-order valence-corrected chi connectivity index (χ0v) is 9.91. The molecule has 4 nitrogen and oxygen atoms in total. The van der Waals surface area contributed by atoms with Gasteiger partial charge in [-0.05, 0) is 5.56 Å². The lowest BCUT2D eigenvalue weighted by Gasteiger charge is -2.25. The van der Waals surface area contributed by atoms with Crippen molar-refractivity contribution in [2.45, 2.75) is 6.04 Å². The average molecular weight is 269 g/mol. The largest absolute Gasteiger partial charge is 0.477 e. The third kappa shape index (κ3) is 2.04. The van der Waals surface area contributed by atoms with Crippen LogP contribution in [-0.2, 0) is 4.79 Å². The molecule has 1 aliphatic heterocycles. The third-order valence-electron chi connectivity index (χ3n) is 2.60. The number of allylic oxidation sites excluding steroid dienone is 1. The molecule has 0 radical (unpaired) electrons. The van der Waals surface area contributed by atoms with E-state index < -0.39 is 17.8 Å². The highest BCUT2D eigenvalue weighted by Gasteiger charge is 2.31. The van der Waals surface area contributed by atoms with Gasteiger partial charge < -0.3 is 16.2 Å². The van der Waals surface area contributed by atoms with Crippen LogP contribution in [0.1, 0.15) is 11.6 Å². The summed E-state index contributed by atoms with van der Waals surface area (Å²) >= 11 is 5.69. The van der Waals surface area contributed by atoms with E-state index >= 15 is 0 Å². The molecular formula is C12H10ClFN2O2. The first-order valence-corrected chi connectivity index (χ1v) is 5.50. The predicted octanol–water partition coefficient (Wildman–Crippen LogP) is 2.01. The van der Waals surface area contributed by atoms with Crippen LogP contribution in [-0.4, -0.2) is 11.1 Å². The van der Waals surface area contributed by atoms with E-state index in [4.69, 9.17) is 22.4 Å². The molecule has 0 spiro atoms. The Morgan fingerprint density at radius 1 is 1.39 bits per heavy atom. The highest BCUT2D eigenvalue weighted by Crippen LogP contribution is 2.33. The van der Waals surface area contributed by atoms with Gasteiger partial charge in [0, 0.05) is 0 Å². The molecule has 0 fully saturated rings. The zero-order chi connectivity index (χ0) is 13.3. The lowest BCUT2D eigenvalue weighted by Crippen LogP contribution is -2.32. The summed E-state index contributed by atoms with van der Waals surface area (Å²) in [6, 6.07) is 7.63. The summed E-state index contributed by atoms with van der Waals surface area (Å²) in [6.45, 7) is 0. The van der Waals surface area contributed by atoms with E-state index in [2.05, 4.69) is 5.32 Å². The highest BCUT2D eigenvalue weighted by atomic mass is 35.5. The van der Waals surface area contributed by atoms with E-state index in [1.165, 1.54) is 0 Å². The molecular weight excluding hydrogens is 259 g/mol. The van der Waals surface area contributed by atoms with Gasteiger partial charge in [0.1, 0.15) is 11.7 Å². The number of dihydropyridines is 1. The Kier molecular flexibility index (Phi) is 3.25. The minimum absolute atomic E-state index is 0.301. The molecule has 1 unspecified atom stereocenters. The smallest absolute Gasteiger partial charge is 0.353 e. The number of hydrogen-bond donors (Lipinski definition) is 3. The van der Waals surface area contributed by atoms with Gasteiger partial charge in [0.2, 0.25) is 0 Å². The molecule has 0 saturated carbocycles. The molecule has 0 aliphatic carbocycles. The summed E-state index contributed by atoms with van der Waals surface area (Å²) in [5.41, 5.74) is 5.41. The number of halogens is 2. The van der Waals surface area contributed by atoms with Crippen LogP contribution in [0, 0.1) is 0 Å². The Bertz CT molecular complexity index is 554. The summed E-state index contributed by atoms with van der Waals surface area (Å²) < 4.78 is 14.0. The summed E-state index contributed by atoms with van der Waals surface area (Å²) in [5, 5.41) is 11.2. The van der Waals surface area contributed by atoms with Crippen LogP contribution in [0.15, 0.2) is 52.6 Å². The number of nitrogens with two attached hydrogens (primary N) is 1. The van der Waals surface area contributed by atoms with Crippen LogP contribution < -0.4 is 11.1 Å². The number of hydrogen-bond acceptors (Lipinski definition) is 3. The van der Waals surface area contributed by atoms with Crippen molar-refractivity contribution in [1.82, 2.24) is 5.32 Å². The molecule has 0 amide bonds. The van der Waals surface area contributed by atoms with Crippen LogP contribution >= 0.6 is 11.6 Å². The van der Waals surface area contributed by atoms with Crippen molar-refractivity contribution >= 4 is 17.6 Å². The van der Waals surface area contributed by atoms with E-state index in [1.54, 1.807) is 30.3 Å². The van der Waals surface area contributed by atoms with E-state index in [1.807, 2.05) is 0 Å². The molecule has 0 aromatic heterocycles. The number of rotatable bonds is 2. The van der Waals surface area contributed by atoms with Crippen molar-refractivity contribution in [3.05, 3.63) is 58.1 Å². The minimum atomic E-state index is -1.28. The Labute approximate surface area is 108 Å². The first kappa shape index (κ1) is 12.4. The van der Waals surface area contributed by atoms with Gasteiger partial charge in [-0.25, -0.2) is 9.18 Å². The number of nitrogens with one attached hydrogen (secondary N) is 1. The second-order valence-corrected chi connectivity index (χ2v) is 4.12. The van der Waals surface area contributed by atoms with Crippen molar-refractivity contribution < 1.29 is 14.3 Å². The van der Waals surface area contributed by atoms with Crippen LogP contribution in [0.3, 0.4) is 0 Å². The van der Waals surface area contributed by atoms with Gasteiger partial charge in [0.05, 0.1) is 10.7 Å². The fourth-order valence-electron chi connectivity index (χ4n) is 1.70. The maximum absolute atomic E-state index is 14.0. The fourth-order valence-corrected chi connectivity index (χ4v) is 1.92. The van der Waals surface area contributed by atoms with Crippen molar-refractivity contribution in [2.24, 2.45) is 5.73 Å². The van der Waals surface area contributed by atoms with Crippen molar-refractivity contribution in [2.75, 3.05) is 0 Å². The van der Waals surface area contributed by atoms with Crippen molar-refractivity contribution in [3.63, 3.8) is 0 Å². The Morgan fingerprint density at radius 2 is 2.00 bits per heavy atom. The molecule has 4 N–H and O–H groups in total. The molecule has 0 saturated heterocycles. The topological polar surface area (TPSA) is 75.3 Å². The Hall–Kier alpha value is -2.01. The van der Waals surface area contributed by atoms with E-state index in [-0.39, 0.29) is 16.4 Å². The molecule has 94 valence electrons. The molecule has 1 atom stereocenters. The Balaban J connectivity index is 2.47. The van der Waals surface area contributed by atoms with Crippen LogP contribution in [0.5, 0.6) is 0 Å². The second-order valence-electron chi connectivity index (χ2n) is 3.74. The first-order valence-electron chi connectivity index (χ1n) is 5.12. The summed E-state index contributed by atoms with van der Waals surface area (Å²) in [4.78, 5) is 11.0. The minimum Gasteiger partial charge on any atom is -0.477 e. The van der Waals surface area contributed by atoms with Gasteiger partial charge in [-0.3, -0.25) is 0 Å². The van der Waals surface area contributed by atoms with Gasteiger partial charge in [-0.2, -0.15) is 0 Å². The third-order valence-corrected chi connectivity index (χ3v) is 2.99. The molecule has 1 heterocycles. The van der Waals surface area contributed by atoms with Gasteiger partial charge in [-0.1, -0.05) is 41.9 Å². The summed E-state index contributed by atoms with van der Waals surface area (Å²) in [7, 11) is 0. The van der Waals surface area contributed by atoms with Crippen molar-refractivity contribution in [3.8, 4) is 0 Å². The molecule has 18 heavy (non-hydrogen) atoms. The molecule has 6 heteroatoms. The quantitative estimate of drug-likeness (QED) is 0.767. The van der Waals surface area contributed by atoms with Gasteiger partial charge in [0.15, 0.2) is 5.83 Å². The maximum Gasteiger partial charge on any atom is 0.353 e. The second kappa shape index (κ2) is 4.70. The SMILES string of the molecule is NC1=C(F)C(c2ccccc2)NC(C(=O)O)=C1Cl. The first-order chi connectivity index (χ1) is 8.52. The number of aliphatic carboxylic acids is 1. The fraction of sp³-hybridized carbons (Fsp3) is 0.0833. The van der Waals surface area contributed by atoms with Gasteiger partial charge >= 0.3 is 5.97 Å². The molecule has 1 aliphatic rings. The number of benzene rings is 1. The number of carboxylic acid groups (broad SMARTS) is 1. The molecule has 1 aromatic carbocycles. The van der Waals surface area contributed by atoms with Crippen LogP contribution in [0.2, 0.25) is 0 Å². The molecule has 2 rings (SSSR count). The standard InChI is InChI=1S/C12H10ClFN2O2/c13-7-9(15)8(14)10(16-11(7)12(17)18)6-4-2-1-3-5-6/h1-5,10,16H,15H2,(H,17,18). The predicted molar refractivity (Wildman–Crippen MR) is 65.2 cm³/mol. The lowest BCUT2D eigenvalue weighted by molar-refractivity contribution is -0.133. The van der Waals surface area contributed by atoms with Crippen molar-refractivity contribution in [1.29, 1.82) is 0 Å². The number of carboxylic acids is 1. The summed E-state index contributed by atoms with van der Waals surface area (Å²) in [6.07, 6.45) is 0. The number of carbonyl (C=O) groups is 1. The van der Waals surface area contributed by atoms with Crippen LogP contribution in [0.4, 0.5) is 4.39 Å². The zero-order valence-electron chi connectivity index (χ0n) is 9.15. The van der Waals surface area contributed by atoms with E-state index in [9.17, 15) is 9.18 Å². The van der Waals surface area contributed by atoms with Gasteiger partial charge in [-0.15, -0.1) is 0 Å². The molecule has 1 aromatic rings. The van der Waals surface area contributed by atoms with E-state index in [0.717, 1.165) is 0 Å².